The van der Waals surface area contributed by atoms with Gasteiger partial charge in [-0.3, -0.25) is 14.4 Å². The average Bonchev–Trinajstić information content (AvgIpc) is 3.05. The van der Waals surface area contributed by atoms with E-state index in [2.05, 4.69) is 55.6 Å². The molecule has 2 N–H and O–H groups in total. The van der Waals surface area contributed by atoms with Gasteiger partial charge in [-0.05, 0) is 76.7 Å². The number of unbranched alkanes of at least 4 members (excludes halogenated alkanes) is 20. The number of hydrogen-bond acceptors (Lipinski definition) is 4. The van der Waals surface area contributed by atoms with E-state index >= 15 is 0 Å². The van der Waals surface area contributed by atoms with Gasteiger partial charge in [-0.1, -0.05) is 141 Å². The molecular weight excluding hydrogens is 586 g/mol. The van der Waals surface area contributed by atoms with Crippen molar-refractivity contribution in [2.45, 2.75) is 200 Å². The van der Waals surface area contributed by atoms with E-state index in [4.69, 9.17) is 9.84 Å². The molecule has 47 heavy (non-hydrogen) atoms. The van der Waals surface area contributed by atoms with Crippen LogP contribution in [-0.4, -0.2) is 35.6 Å². The molecule has 1 atom stereocenters. The highest BCUT2D eigenvalue weighted by Gasteiger charge is 2.12. The van der Waals surface area contributed by atoms with Crippen LogP contribution in [0.2, 0.25) is 0 Å². The maximum Gasteiger partial charge on any atom is 0.322 e. The van der Waals surface area contributed by atoms with E-state index in [1.54, 1.807) is 0 Å². The molecule has 0 bridgehead atoms. The van der Waals surface area contributed by atoms with E-state index in [0.717, 1.165) is 57.8 Å². The van der Waals surface area contributed by atoms with Gasteiger partial charge < -0.3 is 15.2 Å². The minimum absolute atomic E-state index is 0.0882. The van der Waals surface area contributed by atoms with Gasteiger partial charge in [0.05, 0.1) is 0 Å². The van der Waals surface area contributed by atoms with Crippen LogP contribution in [0.4, 0.5) is 0 Å². The Balaban J connectivity index is 4.02. The summed E-state index contributed by atoms with van der Waals surface area (Å²) in [6, 6.07) is 0. The first-order valence-electron chi connectivity index (χ1n) is 19.6. The molecule has 0 radical (unpaired) electrons. The number of carbonyl (C=O) groups excluding carboxylic acids is 2. The van der Waals surface area contributed by atoms with Gasteiger partial charge in [0, 0.05) is 12.8 Å². The van der Waals surface area contributed by atoms with Crippen molar-refractivity contribution in [3.63, 3.8) is 0 Å². The summed E-state index contributed by atoms with van der Waals surface area (Å²) < 4.78 is 5.88. The standard InChI is InChI=1S/C41H73NO5/c1-3-5-7-9-11-12-13-14-15-16-17-18-19-20-21-22-24-26-32-36-41(46)47-38(33-29-25-23-10-8-6-4-2)34-30-27-28-31-35-39(43)42-37-40(44)45/h11-12,14-15,29,33,38H,3-10,13,16-28,30-32,34-37H2,1-2H3,(H,42,43)(H,44,45)/b12-11-,15-14-,33-29-. The van der Waals surface area contributed by atoms with Crippen LogP contribution < -0.4 is 5.32 Å². The zero-order chi connectivity index (χ0) is 34.5. The fraction of sp³-hybridized carbons (Fsp3) is 0.780. The molecule has 0 aliphatic heterocycles. The molecule has 0 heterocycles. The lowest BCUT2D eigenvalue weighted by atomic mass is 10.1. The number of ether oxygens (including phenoxy) is 1. The molecule has 6 nitrogen and oxygen atoms in total. The first-order valence-corrected chi connectivity index (χ1v) is 19.6. The molecule has 0 spiro atoms. The SMILES string of the molecule is CCCCC/C=C\C/C=C\CCCCCCCCCCCC(=O)OC(/C=C\CCCCCCC)CCCCCCC(=O)NCC(=O)O. The third-order valence-electron chi connectivity index (χ3n) is 8.52. The number of esters is 1. The summed E-state index contributed by atoms with van der Waals surface area (Å²) in [6.45, 7) is 4.15. The van der Waals surface area contributed by atoms with Crippen LogP contribution in [-0.2, 0) is 19.1 Å². The number of carboxylic acid groups (broad SMARTS) is 1. The van der Waals surface area contributed by atoms with E-state index < -0.39 is 5.97 Å². The van der Waals surface area contributed by atoms with Crippen molar-refractivity contribution in [3.05, 3.63) is 36.5 Å². The molecule has 272 valence electrons. The van der Waals surface area contributed by atoms with Crippen LogP contribution in [0.15, 0.2) is 36.5 Å². The Kier molecular flexibility index (Phi) is 34.6. The predicted molar refractivity (Wildman–Crippen MR) is 199 cm³/mol. The molecule has 6 heteroatoms. The molecule has 0 saturated heterocycles. The molecule has 0 rings (SSSR count). The Bertz CT molecular complexity index is 819. The summed E-state index contributed by atoms with van der Waals surface area (Å²) in [4.78, 5) is 34.8. The van der Waals surface area contributed by atoms with Crippen LogP contribution in [0, 0.1) is 0 Å². The quantitative estimate of drug-likeness (QED) is 0.0401. The van der Waals surface area contributed by atoms with Gasteiger partial charge in [-0.25, -0.2) is 0 Å². The lowest BCUT2D eigenvalue weighted by Crippen LogP contribution is -2.28. The molecule has 0 aliphatic carbocycles. The van der Waals surface area contributed by atoms with Crippen LogP contribution in [0.25, 0.3) is 0 Å². The molecule has 0 fully saturated rings. The number of allylic oxidation sites excluding steroid dienone is 5. The van der Waals surface area contributed by atoms with Crippen molar-refractivity contribution in [3.8, 4) is 0 Å². The van der Waals surface area contributed by atoms with Crippen LogP contribution >= 0.6 is 0 Å². The summed E-state index contributed by atoms with van der Waals surface area (Å²) >= 11 is 0. The second-order valence-corrected chi connectivity index (χ2v) is 13.2. The molecule has 1 unspecified atom stereocenters. The summed E-state index contributed by atoms with van der Waals surface area (Å²) in [5.41, 5.74) is 0. The van der Waals surface area contributed by atoms with Gasteiger partial charge in [-0.15, -0.1) is 0 Å². The van der Waals surface area contributed by atoms with Crippen molar-refractivity contribution >= 4 is 17.8 Å². The van der Waals surface area contributed by atoms with Crippen molar-refractivity contribution in [2.24, 2.45) is 0 Å². The second-order valence-electron chi connectivity index (χ2n) is 13.2. The number of carboxylic acids is 1. The zero-order valence-corrected chi connectivity index (χ0v) is 30.6. The van der Waals surface area contributed by atoms with E-state index in [-0.39, 0.29) is 24.5 Å². The Labute approximate surface area is 289 Å². The third-order valence-corrected chi connectivity index (χ3v) is 8.52. The summed E-state index contributed by atoms with van der Waals surface area (Å²) in [6.07, 6.45) is 44.2. The van der Waals surface area contributed by atoms with Gasteiger partial charge >= 0.3 is 11.9 Å². The van der Waals surface area contributed by atoms with Crippen LogP contribution in [0.1, 0.15) is 194 Å². The Morgan fingerprint density at radius 2 is 1.04 bits per heavy atom. The summed E-state index contributed by atoms with van der Waals surface area (Å²) in [7, 11) is 0. The number of carbonyl (C=O) groups is 3. The molecule has 0 saturated carbocycles. The van der Waals surface area contributed by atoms with Crippen molar-refractivity contribution in [1.82, 2.24) is 5.32 Å². The number of amides is 1. The Morgan fingerprint density at radius 3 is 1.64 bits per heavy atom. The molecule has 0 aromatic rings. The minimum Gasteiger partial charge on any atom is -0.480 e. The third kappa shape index (κ3) is 36.3. The first kappa shape index (κ1) is 44.6. The number of aliphatic carboxylic acids is 1. The monoisotopic (exact) mass is 660 g/mol. The van der Waals surface area contributed by atoms with Crippen molar-refractivity contribution in [2.75, 3.05) is 6.54 Å². The van der Waals surface area contributed by atoms with Gasteiger partial charge in [0.1, 0.15) is 12.6 Å². The van der Waals surface area contributed by atoms with Crippen LogP contribution in [0.3, 0.4) is 0 Å². The fourth-order valence-electron chi connectivity index (χ4n) is 5.57. The summed E-state index contributed by atoms with van der Waals surface area (Å²) in [5.74, 6) is -1.33. The molecule has 0 aromatic carbocycles. The molecule has 0 aliphatic rings. The summed E-state index contributed by atoms with van der Waals surface area (Å²) in [5, 5.41) is 11.1. The van der Waals surface area contributed by atoms with E-state index in [9.17, 15) is 14.4 Å². The second kappa shape index (κ2) is 36.5. The van der Waals surface area contributed by atoms with Gasteiger partial charge in [-0.2, -0.15) is 0 Å². The minimum atomic E-state index is -1.03. The van der Waals surface area contributed by atoms with Crippen LogP contribution in [0.5, 0.6) is 0 Å². The lowest BCUT2D eigenvalue weighted by Gasteiger charge is -2.15. The highest BCUT2D eigenvalue weighted by molar-refractivity contribution is 5.80. The number of rotatable bonds is 35. The maximum atomic E-state index is 12.6. The number of hydrogen-bond donors (Lipinski definition) is 2. The normalized spacial score (nSPS) is 12.4. The van der Waals surface area contributed by atoms with Crippen molar-refractivity contribution < 1.29 is 24.2 Å². The van der Waals surface area contributed by atoms with Crippen molar-refractivity contribution in [1.29, 1.82) is 0 Å². The predicted octanol–water partition coefficient (Wildman–Crippen LogP) is 11.7. The molecule has 0 aromatic heterocycles. The lowest BCUT2D eigenvalue weighted by molar-refractivity contribution is -0.147. The van der Waals surface area contributed by atoms with Gasteiger partial charge in [0.25, 0.3) is 0 Å². The molecule has 1 amide bonds. The van der Waals surface area contributed by atoms with E-state index in [1.807, 2.05) is 0 Å². The highest BCUT2D eigenvalue weighted by atomic mass is 16.5. The van der Waals surface area contributed by atoms with E-state index in [0.29, 0.717) is 12.8 Å². The maximum absolute atomic E-state index is 12.6. The topological polar surface area (TPSA) is 92.7 Å². The fourth-order valence-corrected chi connectivity index (χ4v) is 5.57. The Morgan fingerprint density at radius 1 is 0.574 bits per heavy atom. The average molecular weight is 660 g/mol. The first-order chi connectivity index (χ1) is 23.0. The van der Waals surface area contributed by atoms with Gasteiger partial charge in [0.2, 0.25) is 5.91 Å². The highest BCUT2D eigenvalue weighted by Crippen LogP contribution is 2.15. The smallest absolute Gasteiger partial charge is 0.322 e. The number of nitrogens with one attached hydrogen (secondary N) is 1. The zero-order valence-electron chi connectivity index (χ0n) is 30.6. The van der Waals surface area contributed by atoms with E-state index in [1.165, 1.54) is 109 Å². The Hall–Kier alpha value is -2.37. The van der Waals surface area contributed by atoms with Gasteiger partial charge in [0.15, 0.2) is 0 Å². The largest absolute Gasteiger partial charge is 0.480 e. The molecular formula is C41H73NO5.